The number of rotatable bonds is 16. The minimum atomic E-state index is -4.19. The van der Waals surface area contributed by atoms with Gasteiger partial charge in [-0.2, -0.15) is 0 Å². The lowest BCUT2D eigenvalue weighted by atomic mass is 9.90. The summed E-state index contributed by atoms with van der Waals surface area (Å²) in [6.07, 6.45) is 5.10. The summed E-state index contributed by atoms with van der Waals surface area (Å²) in [7, 11) is -8.35. The number of aryl methyl sites for hydroxylation is 2. The maximum atomic E-state index is 13.8. The van der Waals surface area contributed by atoms with Crippen molar-refractivity contribution in [1.82, 2.24) is 18.6 Å². The Kier molecular flexibility index (Phi) is 14.4. The predicted molar refractivity (Wildman–Crippen MR) is 280 cm³/mol. The molecule has 0 aliphatic carbocycles. The first-order chi connectivity index (χ1) is 36.3. The molecule has 7 N–H and O–H groups in total. The Labute approximate surface area is 436 Å². The van der Waals surface area contributed by atoms with Crippen LogP contribution in [0.1, 0.15) is 65.9 Å². The van der Waals surface area contributed by atoms with E-state index in [1.807, 2.05) is 18.4 Å². The zero-order valence-corrected chi connectivity index (χ0v) is 42.5. The van der Waals surface area contributed by atoms with Gasteiger partial charge >= 0.3 is 0 Å². The molecule has 2 aromatic heterocycles. The van der Waals surface area contributed by atoms with Gasteiger partial charge in [0.2, 0.25) is 37.2 Å². The number of nitrogens with two attached hydrogens (primary N) is 2. The second kappa shape index (κ2) is 21.1. The molecule has 4 heterocycles. The van der Waals surface area contributed by atoms with Crippen LogP contribution in [0.2, 0.25) is 0 Å². The predicted octanol–water partition coefficient (Wildman–Crippen LogP) is 6.01. The molecule has 0 fully saturated rings. The SMILES string of the molecule is C=CCn1cc(C(C(=O)NS(=O)(=O)c2ccc(C)cc2)c2ccc3c(c2)OCO3)c2ccc(C(N)=O)cc21.Cc1ccc(S(=O)(=O)NC(=O)C(c2ccc3c(c2)OCO3)c2cn(CCO)c3cc(C(N)=O)ccc23)cc1. The van der Waals surface area contributed by atoms with E-state index in [-0.39, 0.29) is 42.1 Å². The number of benzene rings is 6. The number of amides is 4. The third-order valence-corrected chi connectivity index (χ3v) is 15.5. The average molecular weight is 1070 g/mol. The van der Waals surface area contributed by atoms with E-state index in [1.54, 1.807) is 114 Å². The molecule has 2 aliphatic rings. The van der Waals surface area contributed by atoms with Crippen LogP contribution in [-0.4, -0.2) is 74.9 Å². The summed E-state index contributed by atoms with van der Waals surface area (Å²) in [5, 5.41) is 10.9. The van der Waals surface area contributed by atoms with Gasteiger partial charge in [-0.05, 0) is 109 Å². The molecule has 2 aliphatic heterocycles. The van der Waals surface area contributed by atoms with Crippen molar-refractivity contribution < 1.29 is 60.1 Å². The lowest BCUT2D eigenvalue weighted by Gasteiger charge is -2.18. The zero-order valence-electron chi connectivity index (χ0n) is 40.9. The Morgan fingerprint density at radius 2 is 1.00 bits per heavy atom. The second-order valence-electron chi connectivity index (χ2n) is 17.9. The number of aliphatic hydroxyl groups is 1. The van der Waals surface area contributed by atoms with Crippen molar-refractivity contribution in [3.8, 4) is 23.0 Å². The number of sulfonamides is 2. The highest BCUT2D eigenvalue weighted by atomic mass is 32.2. The molecule has 76 heavy (non-hydrogen) atoms. The fraction of sp³-hybridized carbons (Fsp3) is 0.164. The van der Waals surface area contributed by atoms with E-state index in [2.05, 4.69) is 16.0 Å². The smallest absolute Gasteiger partial charge is 0.264 e. The number of aliphatic hydroxyl groups excluding tert-OH is 1. The Balaban J connectivity index is 0.000000186. The summed E-state index contributed by atoms with van der Waals surface area (Å²) in [6, 6.07) is 32.1. The summed E-state index contributed by atoms with van der Waals surface area (Å²) in [4.78, 5) is 51.2. The number of hydrogen-bond acceptors (Lipinski definition) is 13. The molecule has 390 valence electrons. The van der Waals surface area contributed by atoms with Crippen LogP contribution in [0.15, 0.2) is 156 Å². The largest absolute Gasteiger partial charge is 0.454 e. The van der Waals surface area contributed by atoms with E-state index in [1.165, 1.54) is 30.3 Å². The van der Waals surface area contributed by atoms with Crippen molar-refractivity contribution in [3.63, 3.8) is 0 Å². The Hall–Kier alpha value is -8.92. The molecule has 0 saturated carbocycles. The van der Waals surface area contributed by atoms with Crippen molar-refractivity contribution >= 4 is 65.5 Å². The van der Waals surface area contributed by atoms with Gasteiger partial charge in [-0.3, -0.25) is 19.2 Å². The second-order valence-corrected chi connectivity index (χ2v) is 21.2. The molecule has 4 amide bonds. The van der Waals surface area contributed by atoms with E-state index in [0.717, 1.165) is 11.1 Å². The van der Waals surface area contributed by atoms with E-state index in [9.17, 15) is 41.1 Å². The number of nitrogens with one attached hydrogen (secondary N) is 2. The molecule has 10 rings (SSSR count). The topological polar surface area (TPSA) is 280 Å². The fourth-order valence-electron chi connectivity index (χ4n) is 9.06. The Morgan fingerprint density at radius 3 is 1.41 bits per heavy atom. The number of carbonyl (C=O) groups excluding carboxylic acids is 4. The Bertz CT molecular complexity index is 3850. The van der Waals surface area contributed by atoms with E-state index in [0.29, 0.717) is 79.2 Å². The van der Waals surface area contributed by atoms with Gasteiger partial charge in [0.15, 0.2) is 23.0 Å². The minimum Gasteiger partial charge on any atom is -0.454 e. The molecular formula is C55H50N6O13S2. The Morgan fingerprint density at radius 1 is 0.592 bits per heavy atom. The van der Waals surface area contributed by atoms with Gasteiger partial charge in [0, 0.05) is 58.4 Å². The van der Waals surface area contributed by atoms with E-state index >= 15 is 0 Å². The van der Waals surface area contributed by atoms with Gasteiger partial charge in [-0.25, -0.2) is 26.3 Å². The molecule has 0 radical (unpaired) electrons. The van der Waals surface area contributed by atoms with Crippen molar-refractivity contribution in [1.29, 1.82) is 0 Å². The standard InChI is InChI=1S/C28H25N3O6S.C27H25N3O7S/c1-3-12-31-15-22(21-10-6-19(27(29)32)13-23(21)31)26(18-7-11-24-25(14-18)37-16-36-24)28(33)30-38(34,35)20-8-4-17(2)5-9-20;1-16-2-6-19(7-3-16)38(34,35)29-27(33)25(17-5-9-23-24(13-17)37-15-36-23)21-14-30(10-11-31)22-12-18(26(28)32)4-8-20(21)22/h3-11,13-15,26H,1,12,16H2,2H3,(H2,29,32)(H,30,33);2-9,12-14,25,31H,10-11,15H2,1H3,(H2,28,32)(H,29,33). The monoisotopic (exact) mass is 1070 g/mol. The quantitative estimate of drug-likeness (QED) is 0.0695. The first kappa shape index (κ1) is 52.0. The molecule has 19 nitrogen and oxygen atoms in total. The third-order valence-electron chi connectivity index (χ3n) is 12.8. The van der Waals surface area contributed by atoms with Crippen LogP contribution in [0.3, 0.4) is 0 Å². The van der Waals surface area contributed by atoms with Gasteiger partial charge in [-0.1, -0.05) is 65.7 Å². The number of ether oxygens (including phenoxy) is 4. The lowest BCUT2D eigenvalue weighted by molar-refractivity contribution is -0.120. The molecular weight excluding hydrogens is 1020 g/mol. The van der Waals surface area contributed by atoms with Gasteiger partial charge in [0.25, 0.3) is 20.0 Å². The molecule has 8 aromatic rings. The van der Waals surface area contributed by atoms with Crippen LogP contribution in [0.5, 0.6) is 23.0 Å². The first-order valence-corrected chi connectivity index (χ1v) is 26.4. The fourth-order valence-corrected chi connectivity index (χ4v) is 11.0. The summed E-state index contributed by atoms with van der Waals surface area (Å²) < 4.78 is 82.4. The number of primary amides is 2. The molecule has 2 atom stereocenters. The highest BCUT2D eigenvalue weighted by molar-refractivity contribution is 7.90. The van der Waals surface area contributed by atoms with Crippen molar-refractivity contribution in [2.45, 2.75) is 48.6 Å². The number of allylic oxidation sites excluding steroid dienone is 1. The average Bonchev–Trinajstić information content (AvgIpc) is 4.22. The number of nitrogens with zero attached hydrogens (tertiary/aromatic N) is 2. The normalized spacial score (nSPS) is 13.4. The van der Waals surface area contributed by atoms with Crippen LogP contribution in [0.4, 0.5) is 0 Å². The van der Waals surface area contributed by atoms with E-state index < -0.39 is 55.5 Å². The molecule has 21 heteroatoms. The molecule has 0 spiro atoms. The first-order valence-electron chi connectivity index (χ1n) is 23.5. The van der Waals surface area contributed by atoms with Crippen molar-refractivity contribution in [2.24, 2.45) is 11.5 Å². The maximum absolute atomic E-state index is 13.8. The summed E-state index contributed by atoms with van der Waals surface area (Å²) in [5.41, 5.74) is 16.5. The molecule has 6 aromatic carbocycles. The van der Waals surface area contributed by atoms with Gasteiger partial charge in [0.05, 0.1) is 28.2 Å². The maximum Gasteiger partial charge on any atom is 0.264 e. The summed E-state index contributed by atoms with van der Waals surface area (Å²) in [6.45, 7) is 7.90. The number of aromatic nitrogens is 2. The van der Waals surface area contributed by atoms with Crippen molar-refractivity contribution in [3.05, 3.63) is 191 Å². The number of hydrogen-bond donors (Lipinski definition) is 5. The molecule has 0 bridgehead atoms. The van der Waals surface area contributed by atoms with Crippen LogP contribution >= 0.6 is 0 Å². The minimum absolute atomic E-state index is 0.0268. The van der Waals surface area contributed by atoms with Crippen LogP contribution in [-0.2, 0) is 42.7 Å². The lowest BCUT2D eigenvalue weighted by Crippen LogP contribution is -2.35. The number of fused-ring (bicyclic) bond motifs is 4. The highest BCUT2D eigenvalue weighted by Crippen LogP contribution is 2.41. The van der Waals surface area contributed by atoms with E-state index in [4.69, 9.17) is 30.4 Å². The summed E-state index contributed by atoms with van der Waals surface area (Å²) >= 11 is 0. The van der Waals surface area contributed by atoms with Gasteiger partial charge in [0.1, 0.15) is 0 Å². The third kappa shape index (κ3) is 10.6. The van der Waals surface area contributed by atoms with Gasteiger partial charge in [-0.15, -0.1) is 6.58 Å². The van der Waals surface area contributed by atoms with Crippen LogP contribution in [0, 0.1) is 13.8 Å². The van der Waals surface area contributed by atoms with Crippen molar-refractivity contribution in [2.75, 3.05) is 20.2 Å². The zero-order chi connectivity index (χ0) is 54.1. The van der Waals surface area contributed by atoms with Crippen LogP contribution in [0.25, 0.3) is 21.8 Å². The van der Waals surface area contributed by atoms with Gasteiger partial charge < -0.3 is 44.7 Å². The highest BCUT2D eigenvalue weighted by Gasteiger charge is 2.34. The number of carbonyl (C=O) groups is 4. The van der Waals surface area contributed by atoms with Crippen LogP contribution < -0.4 is 39.9 Å². The molecule has 0 saturated heterocycles. The summed E-state index contributed by atoms with van der Waals surface area (Å²) in [5.74, 6) is -2.97. The molecule has 2 unspecified atom stereocenters.